The van der Waals surface area contributed by atoms with E-state index in [0.717, 1.165) is 17.3 Å². The van der Waals surface area contributed by atoms with Crippen molar-refractivity contribution in [1.82, 2.24) is 0 Å². The van der Waals surface area contributed by atoms with Crippen molar-refractivity contribution in [1.29, 1.82) is 0 Å². The zero-order valence-corrected chi connectivity index (χ0v) is 15.7. The van der Waals surface area contributed by atoms with Crippen molar-refractivity contribution in [2.45, 2.75) is 25.4 Å². The third-order valence-electron chi connectivity index (χ3n) is 4.39. The first-order valence-corrected chi connectivity index (χ1v) is 9.08. The summed E-state index contributed by atoms with van der Waals surface area (Å²) in [6.45, 7) is 0. The van der Waals surface area contributed by atoms with Crippen LogP contribution in [0.15, 0.2) is 46.9 Å². The fraction of sp³-hybridized carbons (Fsp3) is 0.263. The maximum absolute atomic E-state index is 12.9. The van der Waals surface area contributed by atoms with Crippen LogP contribution in [0.25, 0.3) is 0 Å². The Bertz CT molecular complexity index is 883. The molecule has 27 heavy (non-hydrogen) atoms. The number of para-hydroxylation sites is 1. The summed E-state index contributed by atoms with van der Waals surface area (Å²) in [4.78, 5) is 24.3. The van der Waals surface area contributed by atoms with E-state index in [4.69, 9.17) is 0 Å². The number of fused-ring (bicyclic) bond motifs is 1. The van der Waals surface area contributed by atoms with Crippen LogP contribution in [0.3, 0.4) is 0 Å². The lowest BCUT2D eigenvalue weighted by Gasteiger charge is -2.24. The molecule has 0 aliphatic carbocycles. The molecule has 1 aliphatic heterocycles. The van der Waals surface area contributed by atoms with Crippen LogP contribution in [-0.4, -0.2) is 11.8 Å². The number of hydrogen-bond acceptors (Lipinski definition) is 2. The molecule has 2 N–H and O–H groups in total. The minimum absolute atomic E-state index is 0.0394. The molecule has 2 aromatic carbocycles. The van der Waals surface area contributed by atoms with E-state index in [1.807, 2.05) is 24.3 Å². The smallest absolute Gasteiger partial charge is 0.326 e. The first-order valence-electron chi connectivity index (χ1n) is 8.29. The summed E-state index contributed by atoms with van der Waals surface area (Å²) < 4.78 is 38.7. The maximum Gasteiger partial charge on any atom is 0.417 e. The van der Waals surface area contributed by atoms with Gasteiger partial charge in [0.2, 0.25) is 11.8 Å². The van der Waals surface area contributed by atoms with E-state index in [0.29, 0.717) is 12.8 Å². The van der Waals surface area contributed by atoms with E-state index < -0.39 is 17.6 Å². The van der Waals surface area contributed by atoms with E-state index in [9.17, 15) is 22.8 Å². The van der Waals surface area contributed by atoms with Gasteiger partial charge in [0, 0.05) is 28.2 Å². The predicted molar refractivity (Wildman–Crippen MR) is 99.3 cm³/mol. The van der Waals surface area contributed by atoms with Gasteiger partial charge in [0.15, 0.2) is 0 Å². The standard InChI is InChI=1S/C19H16BrF3N2O2/c20-15-7-6-13(10-14(15)19(21,22)23)24-17(26)8-5-12-9-11-3-1-2-4-16(11)25-18(12)27/h1-4,6-7,10,12H,5,8-9H2,(H,24,26)(H,25,27). The van der Waals surface area contributed by atoms with Crippen molar-refractivity contribution in [3.05, 3.63) is 58.1 Å². The Morgan fingerprint density at radius 3 is 2.70 bits per heavy atom. The zero-order chi connectivity index (χ0) is 19.6. The van der Waals surface area contributed by atoms with Crippen LogP contribution in [0.4, 0.5) is 24.5 Å². The molecule has 4 nitrogen and oxygen atoms in total. The fourth-order valence-electron chi connectivity index (χ4n) is 3.00. The molecule has 1 unspecified atom stereocenters. The number of carbonyl (C=O) groups excluding carboxylic acids is 2. The Morgan fingerprint density at radius 2 is 1.96 bits per heavy atom. The van der Waals surface area contributed by atoms with Crippen LogP contribution in [0.5, 0.6) is 0 Å². The van der Waals surface area contributed by atoms with E-state index in [1.165, 1.54) is 12.1 Å². The van der Waals surface area contributed by atoms with Gasteiger partial charge in [-0.25, -0.2) is 0 Å². The maximum atomic E-state index is 12.9. The van der Waals surface area contributed by atoms with Gasteiger partial charge >= 0.3 is 6.18 Å². The first kappa shape index (κ1) is 19.4. The lowest BCUT2D eigenvalue weighted by atomic mass is 9.89. The van der Waals surface area contributed by atoms with Crippen molar-refractivity contribution >= 4 is 39.1 Å². The molecular formula is C19H16BrF3N2O2. The molecule has 2 aromatic rings. The molecule has 2 amide bonds. The molecule has 0 radical (unpaired) electrons. The molecule has 0 bridgehead atoms. The summed E-state index contributed by atoms with van der Waals surface area (Å²) >= 11 is 2.86. The highest BCUT2D eigenvalue weighted by Gasteiger charge is 2.33. The van der Waals surface area contributed by atoms with Crippen molar-refractivity contribution in [2.75, 3.05) is 10.6 Å². The van der Waals surface area contributed by atoms with Gasteiger partial charge < -0.3 is 10.6 Å². The van der Waals surface area contributed by atoms with E-state index in [1.54, 1.807) is 0 Å². The molecular weight excluding hydrogens is 425 g/mol. The topological polar surface area (TPSA) is 58.2 Å². The Labute approximate surface area is 162 Å². The SMILES string of the molecule is O=C(CCC1Cc2ccccc2NC1=O)Nc1ccc(Br)c(C(F)(F)F)c1. The molecule has 1 heterocycles. The summed E-state index contributed by atoms with van der Waals surface area (Å²) in [5, 5.41) is 5.28. The monoisotopic (exact) mass is 440 g/mol. The number of alkyl halides is 3. The van der Waals surface area contributed by atoms with Gasteiger partial charge in [-0.3, -0.25) is 9.59 Å². The van der Waals surface area contributed by atoms with Gasteiger partial charge in [0.1, 0.15) is 0 Å². The van der Waals surface area contributed by atoms with Gasteiger partial charge in [-0.05, 0) is 42.7 Å². The Kier molecular flexibility index (Phi) is 5.55. The molecule has 8 heteroatoms. The molecule has 0 saturated heterocycles. The molecule has 1 aliphatic rings. The fourth-order valence-corrected chi connectivity index (χ4v) is 3.47. The van der Waals surface area contributed by atoms with Crippen molar-refractivity contribution < 1.29 is 22.8 Å². The second-order valence-corrected chi connectivity index (χ2v) is 7.18. The van der Waals surface area contributed by atoms with Crippen LogP contribution >= 0.6 is 15.9 Å². The highest BCUT2D eigenvalue weighted by Crippen LogP contribution is 2.36. The van der Waals surface area contributed by atoms with Crippen LogP contribution in [0.1, 0.15) is 24.0 Å². The molecule has 0 aromatic heterocycles. The molecule has 1 atom stereocenters. The molecule has 0 saturated carbocycles. The normalized spacial score (nSPS) is 16.4. The number of carbonyl (C=O) groups is 2. The summed E-state index contributed by atoms with van der Waals surface area (Å²) in [7, 11) is 0. The average molecular weight is 441 g/mol. The summed E-state index contributed by atoms with van der Waals surface area (Å²) in [5.41, 5.74) is 0.987. The summed E-state index contributed by atoms with van der Waals surface area (Å²) in [5.74, 6) is -0.928. The number of anilines is 2. The lowest BCUT2D eigenvalue weighted by Crippen LogP contribution is -2.30. The molecule has 0 spiro atoms. The van der Waals surface area contributed by atoms with Crippen LogP contribution in [0.2, 0.25) is 0 Å². The number of benzene rings is 2. The van der Waals surface area contributed by atoms with Crippen molar-refractivity contribution in [3.8, 4) is 0 Å². The second-order valence-electron chi connectivity index (χ2n) is 6.33. The second kappa shape index (κ2) is 7.72. The Morgan fingerprint density at radius 1 is 1.22 bits per heavy atom. The Hall–Kier alpha value is -2.35. The van der Waals surface area contributed by atoms with Gasteiger partial charge in [0.05, 0.1) is 5.56 Å². The van der Waals surface area contributed by atoms with Gasteiger partial charge in [-0.2, -0.15) is 13.2 Å². The quantitative estimate of drug-likeness (QED) is 0.702. The van der Waals surface area contributed by atoms with Crippen LogP contribution < -0.4 is 10.6 Å². The van der Waals surface area contributed by atoms with Crippen LogP contribution in [0, 0.1) is 5.92 Å². The minimum Gasteiger partial charge on any atom is -0.326 e. The van der Waals surface area contributed by atoms with Crippen molar-refractivity contribution in [3.63, 3.8) is 0 Å². The van der Waals surface area contributed by atoms with Crippen LogP contribution in [-0.2, 0) is 22.2 Å². The van der Waals surface area contributed by atoms with Gasteiger partial charge in [-0.15, -0.1) is 0 Å². The predicted octanol–water partition coefficient (Wildman–Crippen LogP) is 5.00. The van der Waals surface area contributed by atoms with E-state index >= 15 is 0 Å². The first-order chi connectivity index (χ1) is 12.7. The van der Waals surface area contributed by atoms with Gasteiger partial charge in [0.25, 0.3) is 0 Å². The molecule has 142 valence electrons. The van der Waals surface area contributed by atoms with Crippen molar-refractivity contribution in [2.24, 2.45) is 5.92 Å². The average Bonchev–Trinajstić information content (AvgIpc) is 2.60. The highest BCUT2D eigenvalue weighted by molar-refractivity contribution is 9.10. The number of halogens is 4. The summed E-state index contributed by atoms with van der Waals surface area (Å²) in [6, 6.07) is 11.0. The largest absolute Gasteiger partial charge is 0.417 e. The lowest BCUT2D eigenvalue weighted by molar-refractivity contribution is -0.138. The number of amides is 2. The summed E-state index contributed by atoms with van der Waals surface area (Å²) in [6.07, 6.45) is -3.63. The zero-order valence-electron chi connectivity index (χ0n) is 14.1. The molecule has 3 rings (SSSR count). The number of nitrogens with one attached hydrogen (secondary N) is 2. The van der Waals surface area contributed by atoms with Gasteiger partial charge in [-0.1, -0.05) is 34.1 Å². The van der Waals surface area contributed by atoms with E-state index in [2.05, 4.69) is 26.6 Å². The molecule has 0 fully saturated rings. The van der Waals surface area contributed by atoms with E-state index in [-0.39, 0.29) is 28.4 Å². The third kappa shape index (κ3) is 4.68. The number of hydrogen-bond donors (Lipinski definition) is 2. The Balaban J connectivity index is 1.60. The number of rotatable bonds is 4. The third-order valence-corrected chi connectivity index (χ3v) is 5.08. The minimum atomic E-state index is -4.52. The highest BCUT2D eigenvalue weighted by atomic mass is 79.9.